The zero-order chi connectivity index (χ0) is 12.0. The summed E-state index contributed by atoms with van der Waals surface area (Å²) in [6, 6.07) is 1.76. The molecular formula is C10H18N4O2. The van der Waals surface area contributed by atoms with Gasteiger partial charge in [0.15, 0.2) is 0 Å². The summed E-state index contributed by atoms with van der Waals surface area (Å²) in [7, 11) is 3.20. The summed E-state index contributed by atoms with van der Waals surface area (Å²) in [5.74, 6) is 1.03. The summed E-state index contributed by atoms with van der Waals surface area (Å²) in [6.07, 6.45) is 0. The zero-order valence-electron chi connectivity index (χ0n) is 9.86. The monoisotopic (exact) mass is 226 g/mol. The Labute approximate surface area is 95.2 Å². The van der Waals surface area contributed by atoms with E-state index in [4.69, 9.17) is 15.2 Å². The number of nitrogens with two attached hydrogens (primary N) is 1. The molecule has 0 aliphatic carbocycles. The summed E-state index contributed by atoms with van der Waals surface area (Å²) in [5.41, 5.74) is 6.42. The summed E-state index contributed by atoms with van der Waals surface area (Å²) < 4.78 is 10.1. The molecule has 1 rings (SSSR count). The minimum atomic E-state index is -0.00324. The SMILES string of the molecule is COCC(CN)Nc1nc(C)cc(OC)n1. The number of nitrogens with zero attached hydrogens (tertiary/aromatic N) is 2. The Morgan fingerprint density at radius 2 is 2.19 bits per heavy atom. The van der Waals surface area contributed by atoms with Crippen molar-refractivity contribution in [2.75, 3.05) is 32.7 Å². The molecule has 1 aromatic rings. The molecule has 1 aromatic heterocycles. The van der Waals surface area contributed by atoms with E-state index >= 15 is 0 Å². The number of methoxy groups -OCH3 is 2. The van der Waals surface area contributed by atoms with E-state index in [0.717, 1.165) is 5.69 Å². The Bertz CT molecular complexity index is 333. The second-order valence-corrected chi connectivity index (χ2v) is 3.41. The van der Waals surface area contributed by atoms with Gasteiger partial charge in [0.25, 0.3) is 0 Å². The highest BCUT2D eigenvalue weighted by molar-refractivity contribution is 5.31. The lowest BCUT2D eigenvalue weighted by Gasteiger charge is -2.16. The van der Waals surface area contributed by atoms with Crippen molar-refractivity contribution in [1.29, 1.82) is 0 Å². The lowest BCUT2D eigenvalue weighted by atomic mass is 10.3. The van der Waals surface area contributed by atoms with E-state index in [2.05, 4.69) is 15.3 Å². The Morgan fingerprint density at radius 3 is 2.75 bits per heavy atom. The lowest BCUT2D eigenvalue weighted by Crippen LogP contribution is -2.33. The van der Waals surface area contributed by atoms with Crippen molar-refractivity contribution in [3.8, 4) is 5.88 Å². The van der Waals surface area contributed by atoms with Gasteiger partial charge in [-0.1, -0.05) is 0 Å². The van der Waals surface area contributed by atoms with E-state index < -0.39 is 0 Å². The molecule has 0 saturated carbocycles. The first-order valence-corrected chi connectivity index (χ1v) is 5.04. The molecule has 6 heteroatoms. The minimum absolute atomic E-state index is 0.00324. The molecule has 0 spiro atoms. The third kappa shape index (κ3) is 3.63. The molecule has 0 amide bonds. The quantitative estimate of drug-likeness (QED) is 0.720. The molecule has 0 aliphatic rings. The van der Waals surface area contributed by atoms with Crippen molar-refractivity contribution in [1.82, 2.24) is 9.97 Å². The first-order valence-electron chi connectivity index (χ1n) is 5.04. The fourth-order valence-electron chi connectivity index (χ4n) is 1.26. The van der Waals surface area contributed by atoms with E-state index in [1.807, 2.05) is 6.92 Å². The first-order chi connectivity index (χ1) is 7.69. The second kappa shape index (κ2) is 6.24. The van der Waals surface area contributed by atoms with E-state index in [1.54, 1.807) is 20.3 Å². The Morgan fingerprint density at radius 1 is 1.44 bits per heavy atom. The van der Waals surface area contributed by atoms with E-state index in [0.29, 0.717) is 25.0 Å². The average molecular weight is 226 g/mol. The van der Waals surface area contributed by atoms with Crippen molar-refractivity contribution in [3.63, 3.8) is 0 Å². The Kier molecular flexibility index (Phi) is 4.94. The van der Waals surface area contributed by atoms with Gasteiger partial charge in [-0.15, -0.1) is 0 Å². The minimum Gasteiger partial charge on any atom is -0.481 e. The van der Waals surface area contributed by atoms with Gasteiger partial charge < -0.3 is 20.5 Å². The number of hydrogen-bond donors (Lipinski definition) is 2. The predicted octanol–water partition coefficient (Wildman–Crippen LogP) is 0.179. The Balaban J connectivity index is 2.74. The van der Waals surface area contributed by atoms with Gasteiger partial charge in [0.05, 0.1) is 19.8 Å². The molecule has 0 bridgehead atoms. The van der Waals surface area contributed by atoms with Crippen LogP contribution in [0.25, 0.3) is 0 Å². The van der Waals surface area contributed by atoms with Crippen molar-refractivity contribution >= 4 is 5.95 Å². The molecule has 0 radical (unpaired) electrons. The van der Waals surface area contributed by atoms with E-state index in [-0.39, 0.29) is 6.04 Å². The summed E-state index contributed by atoms with van der Waals surface area (Å²) in [4.78, 5) is 8.40. The molecule has 6 nitrogen and oxygen atoms in total. The van der Waals surface area contributed by atoms with Gasteiger partial charge in [-0.3, -0.25) is 0 Å². The molecule has 1 unspecified atom stereocenters. The van der Waals surface area contributed by atoms with Gasteiger partial charge in [0.2, 0.25) is 11.8 Å². The summed E-state index contributed by atoms with van der Waals surface area (Å²) >= 11 is 0. The number of ether oxygens (including phenoxy) is 2. The van der Waals surface area contributed by atoms with Crippen molar-refractivity contribution in [2.45, 2.75) is 13.0 Å². The van der Waals surface area contributed by atoms with Crippen molar-refractivity contribution < 1.29 is 9.47 Å². The lowest BCUT2D eigenvalue weighted by molar-refractivity contribution is 0.187. The molecule has 0 aromatic carbocycles. The van der Waals surface area contributed by atoms with E-state index in [9.17, 15) is 0 Å². The number of nitrogens with one attached hydrogen (secondary N) is 1. The van der Waals surface area contributed by atoms with Crippen LogP contribution in [0.4, 0.5) is 5.95 Å². The zero-order valence-corrected chi connectivity index (χ0v) is 9.86. The maximum atomic E-state index is 5.59. The standard InChI is InChI=1S/C10H18N4O2/c1-7-4-9(16-3)14-10(12-7)13-8(5-11)6-15-2/h4,8H,5-6,11H2,1-3H3,(H,12,13,14). The first kappa shape index (κ1) is 12.7. The maximum Gasteiger partial charge on any atom is 0.226 e. The topological polar surface area (TPSA) is 82.3 Å². The highest BCUT2D eigenvalue weighted by Gasteiger charge is 2.09. The summed E-state index contributed by atoms with van der Waals surface area (Å²) in [5, 5.41) is 3.09. The molecule has 0 fully saturated rings. The number of anilines is 1. The second-order valence-electron chi connectivity index (χ2n) is 3.41. The van der Waals surface area contributed by atoms with Crippen LogP contribution in [0.3, 0.4) is 0 Å². The third-order valence-corrected chi connectivity index (χ3v) is 2.03. The summed E-state index contributed by atoms with van der Waals surface area (Å²) in [6.45, 7) is 2.84. The van der Waals surface area contributed by atoms with Crippen LogP contribution in [0, 0.1) is 6.92 Å². The smallest absolute Gasteiger partial charge is 0.226 e. The van der Waals surface area contributed by atoms with Crippen LogP contribution in [0.2, 0.25) is 0 Å². The average Bonchev–Trinajstić information content (AvgIpc) is 2.27. The molecule has 90 valence electrons. The van der Waals surface area contributed by atoms with Crippen LogP contribution in [0.5, 0.6) is 5.88 Å². The molecule has 0 aliphatic heterocycles. The number of aryl methyl sites for hydroxylation is 1. The maximum absolute atomic E-state index is 5.59. The van der Waals surface area contributed by atoms with Gasteiger partial charge in [-0.25, -0.2) is 4.98 Å². The molecule has 16 heavy (non-hydrogen) atoms. The third-order valence-electron chi connectivity index (χ3n) is 2.03. The van der Waals surface area contributed by atoms with Crippen LogP contribution in [0.15, 0.2) is 6.07 Å². The van der Waals surface area contributed by atoms with Crippen LogP contribution in [0.1, 0.15) is 5.69 Å². The van der Waals surface area contributed by atoms with Crippen molar-refractivity contribution in [2.24, 2.45) is 5.73 Å². The fourth-order valence-corrected chi connectivity index (χ4v) is 1.26. The number of aromatic nitrogens is 2. The molecule has 3 N–H and O–H groups in total. The van der Waals surface area contributed by atoms with Crippen LogP contribution >= 0.6 is 0 Å². The van der Waals surface area contributed by atoms with Gasteiger partial charge in [0.1, 0.15) is 0 Å². The molecule has 0 saturated heterocycles. The van der Waals surface area contributed by atoms with Gasteiger partial charge >= 0.3 is 0 Å². The number of rotatable bonds is 6. The number of hydrogen-bond acceptors (Lipinski definition) is 6. The largest absolute Gasteiger partial charge is 0.481 e. The predicted molar refractivity (Wildman–Crippen MR) is 61.7 cm³/mol. The highest BCUT2D eigenvalue weighted by Crippen LogP contribution is 2.11. The molecule has 1 heterocycles. The van der Waals surface area contributed by atoms with Gasteiger partial charge in [-0.05, 0) is 6.92 Å². The van der Waals surface area contributed by atoms with E-state index in [1.165, 1.54) is 0 Å². The fraction of sp³-hybridized carbons (Fsp3) is 0.600. The van der Waals surface area contributed by atoms with Crippen molar-refractivity contribution in [3.05, 3.63) is 11.8 Å². The van der Waals surface area contributed by atoms with Gasteiger partial charge in [0, 0.05) is 25.4 Å². The normalized spacial score (nSPS) is 12.2. The van der Waals surface area contributed by atoms with Crippen LogP contribution in [-0.2, 0) is 4.74 Å². The highest BCUT2D eigenvalue weighted by atomic mass is 16.5. The van der Waals surface area contributed by atoms with Crippen LogP contribution < -0.4 is 15.8 Å². The van der Waals surface area contributed by atoms with Crippen LogP contribution in [-0.4, -0.2) is 43.4 Å². The Hall–Kier alpha value is -1.40. The van der Waals surface area contributed by atoms with Gasteiger partial charge in [-0.2, -0.15) is 4.98 Å². The molecule has 1 atom stereocenters. The molecular weight excluding hydrogens is 208 g/mol.